The van der Waals surface area contributed by atoms with Crippen LogP contribution in [0.1, 0.15) is 20.8 Å². The fraction of sp³-hybridized carbons (Fsp3) is 0.400. The summed E-state index contributed by atoms with van der Waals surface area (Å²) in [4.78, 5) is 0. The van der Waals surface area contributed by atoms with Crippen LogP contribution in [0.4, 0.5) is 0 Å². The van der Waals surface area contributed by atoms with Gasteiger partial charge in [0.2, 0.25) is 0 Å². The van der Waals surface area contributed by atoms with Crippen LogP contribution in [0.2, 0.25) is 0 Å². The van der Waals surface area contributed by atoms with Crippen molar-refractivity contribution in [1.82, 2.24) is 0 Å². The molecule has 0 unspecified atom stereocenters. The van der Waals surface area contributed by atoms with Crippen molar-refractivity contribution in [1.29, 1.82) is 0 Å². The molecule has 0 spiro atoms. The van der Waals surface area contributed by atoms with Crippen molar-refractivity contribution in [3.05, 3.63) is 37.0 Å². The van der Waals surface area contributed by atoms with Gasteiger partial charge in [0.15, 0.2) is 0 Å². The minimum Gasteiger partial charge on any atom is -0.0991 e. The summed E-state index contributed by atoms with van der Waals surface area (Å²) in [6.45, 7) is 10.1. The quantitative estimate of drug-likeness (QED) is 0.511. The number of hydrogen-bond donors (Lipinski definition) is 0. The maximum Gasteiger partial charge on any atom is -0.0200 e. The lowest BCUT2D eigenvalue weighted by atomic mass is 9.96. The maximum atomic E-state index is 3.57. The van der Waals surface area contributed by atoms with E-state index in [9.17, 15) is 0 Å². The number of hydrogen-bond acceptors (Lipinski definition) is 0. The van der Waals surface area contributed by atoms with Crippen molar-refractivity contribution in [3.63, 3.8) is 0 Å². The van der Waals surface area contributed by atoms with E-state index in [1.807, 2.05) is 18.2 Å². The zero-order valence-electron chi connectivity index (χ0n) is 7.09. The Morgan fingerprint density at radius 3 is 2.00 bits per heavy atom. The highest BCUT2D eigenvalue weighted by Gasteiger charge is 2.01. The number of rotatable bonds is 2. The van der Waals surface area contributed by atoms with E-state index in [4.69, 9.17) is 0 Å². The molecule has 0 bridgehead atoms. The fourth-order valence-corrected chi connectivity index (χ4v) is 0.487. The first-order valence-electron chi connectivity index (χ1n) is 3.53. The molecule has 0 amide bonds. The van der Waals surface area contributed by atoms with Crippen LogP contribution >= 0.6 is 0 Å². The van der Waals surface area contributed by atoms with Crippen LogP contribution < -0.4 is 0 Å². The minimum absolute atomic E-state index is 0.283. The zero-order valence-corrected chi connectivity index (χ0v) is 7.09. The highest BCUT2D eigenvalue weighted by Crippen LogP contribution is 2.13. The van der Waals surface area contributed by atoms with E-state index in [0.29, 0.717) is 0 Å². The van der Waals surface area contributed by atoms with Gasteiger partial charge in [-0.1, -0.05) is 57.7 Å². The largest absolute Gasteiger partial charge is 0.0991 e. The van der Waals surface area contributed by atoms with Crippen molar-refractivity contribution in [2.45, 2.75) is 20.8 Å². The van der Waals surface area contributed by atoms with Gasteiger partial charge in [-0.05, 0) is 5.41 Å². The highest BCUT2D eigenvalue weighted by atomic mass is 14.1. The normalized spacial score (nSPS) is 13.1. The summed E-state index contributed by atoms with van der Waals surface area (Å²) in [6.07, 6.45) is 9.88. The fourth-order valence-electron chi connectivity index (χ4n) is 0.487. The molecule has 0 aliphatic carbocycles. The lowest BCUT2D eigenvalue weighted by Crippen LogP contribution is -1.97. The SMILES string of the molecule is C=C/C=C\C=C/C(C)(C)C. The standard InChI is InChI=1S/C10H16/c1-5-6-7-8-9-10(2,3)4/h5-9H,1H2,2-4H3/b7-6-,9-8-. The van der Waals surface area contributed by atoms with E-state index in [1.165, 1.54) is 0 Å². The minimum atomic E-state index is 0.283. The molecule has 0 saturated heterocycles. The van der Waals surface area contributed by atoms with Crippen LogP contribution in [0.25, 0.3) is 0 Å². The topological polar surface area (TPSA) is 0 Å². The Morgan fingerprint density at radius 1 is 1.00 bits per heavy atom. The van der Waals surface area contributed by atoms with E-state index < -0.39 is 0 Å². The molecule has 0 aromatic carbocycles. The summed E-state index contributed by atoms with van der Waals surface area (Å²) >= 11 is 0. The van der Waals surface area contributed by atoms with E-state index in [0.717, 1.165) is 0 Å². The molecular formula is C10H16. The third kappa shape index (κ3) is 7.22. The average molecular weight is 136 g/mol. The molecule has 0 aromatic rings. The van der Waals surface area contributed by atoms with Crippen LogP contribution in [0.5, 0.6) is 0 Å². The van der Waals surface area contributed by atoms with Gasteiger partial charge in [0.1, 0.15) is 0 Å². The Balaban J connectivity index is 3.77. The Morgan fingerprint density at radius 2 is 1.60 bits per heavy atom. The smallest absolute Gasteiger partial charge is 0.0200 e. The Labute approximate surface area is 64.0 Å². The summed E-state index contributed by atoms with van der Waals surface area (Å²) in [5.74, 6) is 0. The first-order chi connectivity index (χ1) is 4.56. The van der Waals surface area contributed by atoms with Crippen LogP contribution in [-0.4, -0.2) is 0 Å². The second-order valence-corrected chi connectivity index (χ2v) is 3.35. The molecule has 0 fully saturated rings. The molecule has 0 saturated carbocycles. The summed E-state index contributed by atoms with van der Waals surface area (Å²) in [7, 11) is 0. The van der Waals surface area contributed by atoms with Crippen molar-refractivity contribution < 1.29 is 0 Å². The summed E-state index contributed by atoms with van der Waals surface area (Å²) in [6, 6.07) is 0. The van der Waals surface area contributed by atoms with Crippen molar-refractivity contribution in [3.8, 4) is 0 Å². The second kappa shape index (κ2) is 4.10. The van der Waals surface area contributed by atoms with Gasteiger partial charge >= 0.3 is 0 Å². The highest BCUT2D eigenvalue weighted by molar-refractivity contribution is 5.10. The van der Waals surface area contributed by atoms with Gasteiger partial charge in [-0.3, -0.25) is 0 Å². The molecule has 0 atom stereocenters. The zero-order chi connectivity index (χ0) is 8.04. The molecule has 0 heterocycles. The van der Waals surface area contributed by atoms with Crippen molar-refractivity contribution in [2.24, 2.45) is 5.41 Å². The molecule has 10 heavy (non-hydrogen) atoms. The monoisotopic (exact) mass is 136 g/mol. The van der Waals surface area contributed by atoms with E-state index >= 15 is 0 Å². The molecule has 0 aromatic heterocycles. The van der Waals surface area contributed by atoms with E-state index in [-0.39, 0.29) is 5.41 Å². The summed E-state index contributed by atoms with van der Waals surface area (Å²) in [5, 5.41) is 0. The number of allylic oxidation sites excluding steroid dienone is 5. The summed E-state index contributed by atoms with van der Waals surface area (Å²) in [5.41, 5.74) is 0.283. The predicted molar refractivity (Wildman–Crippen MR) is 47.9 cm³/mol. The third-order valence-electron chi connectivity index (χ3n) is 0.955. The maximum absolute atomic E-state index is 3.57. The van der Waals surface area contributed by atoms with Gasteiger partial charge in [0.05, 0.1) is 0 Å². The van der Waals surface area contributed by atoms with Gasteiger partial charge in [-0.2, -0.15) is 0 Å². The molecule has 0 aliphatic rings. The molecule has 0 radical (unpaired) electrons. The lowest BCUT2D eigenvalue weighted by molar-refractivity contribution is 0.544. The van der Waals surface area contributed by atoms with E-state index in [2.05, 4.69) is 33.4 Å². The van der Waals surface area contributed by atoms with Crippen LogP contribution in [0.15, 0.2) is 37.0 Å². The predicted octanol–water partition coefficient (Wildman–Crippen LogP) is 3.33. The molecule has 0 N–H and O–H groups in total. The third-order valence-corrected chi connectivity index (χ3v) is 0.955. The Hall–Kier alpha value is -0.780. The van der Waals surface area contributed by atoms with Crippen LogP contribution in [-0.2, 0) is 0 Å². The van der Waals surface area contributed by atoms with E-state index in [1.54, 1.807) is 6.08 Å². The molecule has 56 valence electrons. The first-order valence-corrected chi connectivity index (χ1v) is 3.53. The molecule has 0 rings (SSSR count). The Kier molecular flexibility index (Phi) is 3.78. The van der Waals surface area contributed by atoms with Crippen molar-refractivity contribution in [2.75, 3.05) is 0 Å². The second-order valence-electron chi connectivity index (χ2n) is 3.35. The summed E-state index contributed by atoms with van der Waals surface area (Å²) < 4.78 is 0. The van der Waals surface area contributed by atoms with Gasteiger partial charge < -0.3 is 0 Å². The Bertz CT molecular complexity index is 142. The first kappa shape index (κ1) is 9.22. The lowest BCUT2D eigenvalue weighted by Gasteiger charge is -2.09. The van der Waals surface area contributed by atoms with Crippen LogP contribution in [0, 0.1) is 5.41 Å². The van der Waals surface area contributed by atoms with Gasteiger partial charge in [-0.15, -0.1) is 0 Å². The van der Waals surface area contributed by atoms with Crippen LogP contribution in [0.3, 0.4) is 0 Å². The van der Waals surface area contributed by atoms with Gasteiger partial charge in [0, 0.05) is 0 Å². The molecule has 0 aliphatic heterocycles. The van der Waals surface area contributed by atoms with Gasteiger partial charge in [-0.25, -0.2) is 0 Å². The molecular weight excluding hydrogens is 120 g/mol. The molecule has 0 nitrogen and oxygen atoms in total. The molecule has 0 heteroatoms. The van der Waals surface area contributed by atoms with Crippen molar-refractivity contribution >= 4 is 0 Å². The van der Waals surface area contributed by atoms with Gasteiger partial charge in [0.25, 0.3) is 0 Å². The average Bonchev–Trinajstić information content (AvgIpc) is 1.78.